The molecule has 70 valence electrons. The van der Waals surface area contributed by atoms with Crippen LogP contribution >= 0.6 is 15.9 Å². The molecule has 4 heteroatoms. The normalized spacial score (nSPS) is 13.5. The topological polar surface area (TPSA) is 44.5 Å². The molecule has 0 unspecified atom stereocenters. The molecular formula is C9H10BrNO2. The molecule has 0 aromatic heterocycles. The molecule has 2 rings (SSSR count). The fraction of sp³-hybridized carbons (Fsp3) is 0.333. The van der Waals surface area contributed by atoms with Gasteiger partial charge in [-0.2, -0.15) is 0 Å². The average molecular weight is 244 g/mol. The van der Waals surface area contributed by atoms with E-state index in [2.05, 4.69) is 15.9 Å². The van der Waals surface area contributed by atoms with Crippen LogP contribution in [0, 0.1) is 6.92 Å². The van der Waals surface area contributed by atoms with E-state index in [-0.39, 0.29) is 0 Å². The van der Waals surface area contributed by atoms with Gasteiger partial charge in [-0.3, -0.25) is 0 Å². The summed E-state index contributed by atoms with van der Waals surface area (Å²) in [6.45, 7) is 2.82. The molecule has 0 saturated carbocycles. The van der Waals surface area contributed by atoms with Gasteiger partial charge in [0.1, 0.15) is 0 Å². The first kappa shape index (κ1) is 8.84. The van der Waals surface area contributed by atoms with Crippen molar-refractivity contribution in [2.45, 2.75) is 13.5 Å². The molecular weight excluding hydrogens is 234 g/mol. The summed E-state index contributed by atoms with van der Waals surface area (Å²) in [5, 5.41) is 0. The zero-order chi connectivity index (χ0) is 9.42. The van der Waals surface area contributed by atoms with E-state index in [9.17, 15) is 0 Å². The van der Waals surface area contributed by atoms with Crippen molar-refractivity contribution >= 4 is 15.9 Å². The van der Waals surface area contributed by atoms with Crippen molar-refractivity contribution in [2.24, 2.45) is 5.73 Å². The van der Waals surface area contributed by atoms with Gasteiger partial charge >= 0.3 is 0 Å². The molecule has 0 spiro atoms. The maximum atomic E-state index is 5.60. The first-order valence-electron chi connectivity index (χ1n) is 4.01. The molecule has 2 N–H and O–H groups in total. The van der Waals surface area contributed by atoms with Crippen LogP contribution in [0.4, 0.5) is 0 Å². The highest BCUT2D eigenvalue weighted by Gasteiger charge is 2.20. The van der Waals surface area contributed by atoms with Crippen molar-refractivity contribution in [3.05, 3.63) is 21.7 Å². The Morgan fingerprint density at radius 2 is 2.31 bits per heavy atom. The Bertz CT molecular complexity index is 351. The van der Waals surface area contributed by atoms with Gasteiger partial charge in [-0.05, 0) is 40.0 Å². The number of nitrogens with two attached hydrogens (primary N) is 1. The minimum atomic E-state index is 0.293. The van der Waals surface area contributed by atoms with Crippen molar-refractivity contribution in [1.82, 2.24) is 0 Å². The van der Waals surface area contributed by atoms with Crippen molar-refractivity contribution in [1.29, 1.82) is 0 Å². The Kier molecular flexibility index (Phi) is 2.17. The molecule has 0 amide bonds. The molecule has 1 aliphatic heterocycles. The van der Waals surface area contributed by atoms with Crippen LogP contribution in [0.15, 0.2) is 10.5 Å². The Morgan fingerprint density at radius 3 is 3.00 bits per heavy atom. The van der Waals surface area contributed by atoms with Crippen LogP contribution in [0.5, 0.6) is 11.5 Å². The van der Waals surface area contributed by atoms with Crippen LogP contribution in [0.25, 0.3) is 0 Å². The third kappa shape index (κ3) is 1.30. The van der Waals surface area contributed by atoms with Gasteiger partial charge in [0, 0.05) is 6.54 Å². The number of halogens is 1. The minimum absolute atomic E-state index is 0.293. The number of fused-ring (bicyclic) bond motifs is 1. The van der Waals surface area contributed by atoms with Gasteiger partial charge < -0.3 is 15.2 Å². The summed E-state index contributed by atoms with van der Waals surface area (Å²) in [7, 11) is 0. The number of benzene rings is 1. The minimum Gasteiger partial charge on any atom is -0.454 e. The van der Waals surface area contributed by atoms with Crippen LogP contribution < -0.4 is 15.2 Å². The second kappa shape index (κ2) is 3.20. The molecule has 13 heavy (non-hydrogen) atoms. The fourth-order valence-electron chi connectivity index (χ4n) is 1.36. The van der Waals surface area contributed by atoms with Crippen LogP contribution in [0.2, 0.25) is 0 Å². The lowest BCUT2D eigenvalue weighted by atomic mass is 10.1. The fourth-order valence-corrected chi connectivity index (χ4v) is 1.92. The Balaban J connectivity index is 2.61. The summed E-state index contributed by atoms with van der Waals surface area (Å²) >= 11 is 3.46. The van der Waals surface area contributed by atoms with Crippen molar-refractivity contribution in [3.63, 3.8) is 0 Å². The monoisotopic (exact) mass is 243 g/mol. The molecule has 0 aliphatic carbocycles. The number of ether oxygens (including phenoxy) is 2. The third-order valence-electron chi connectivity index (χ3n) is 2.18. The second-order valence-corrected chi connectivity index (χ2v) is 3.71. The smallest absolute Gasteiger partial charge is 0.231 e. The second-order valence-electron chi connectivity index (χ2n) is 2.91. The van der Waals surface area contributed by atoms with Gasteiger partial charge in [-0.25, -0.2) is 0 Å². The van der Waals surface area contributed by atoms with E-state index in [1.54, 1.807) is 0 Å². The molecule has 3 nitrogen and oxygen atoms in total. The van der Waals surface area contributed by atoms with Gasteiger partial charge in [0.05, 0.1) is 4.47 Å². The van der Waals surface area contributed by atoms with Crippen molar-refractivity contribution in [3.8, 4) is 11.5 Å². The van der Waals surface area contributed by atoms with E-state index in [0.717, 1.165) is 27.1 Å². The summed E-state index contributed by atoms with van der Waals surface area (Å²) in [6, 6.07) is 1.93. The van der Waals surface area contributed by atoms with Gasteiger partial charge in [0.2, 0.25) is 6.79 Å². The zero-order valence-corrected chi connectivity index (χ0v) is 8.85. The lowest BCUT2D eigenvalue weighted by molar-refractivity contribution is 0.173. The highest BCUT2D eigenvalue weighted by atomic mass is 79.9. The molecule has 1 heterocycles. The standard InChI is InChI=1S/C9H10BrNO2/c1-5-6(3-11)2-7-9(8(5)10)13-4-12-7/h2H,3-4,11H2,1H3. The summed E-state index contributed by atoms with van der Waals surface area (Å²) in [5.74, 6) is 1.56. The van der Waals surface area contributed by atoms with E-state index < -0.39 is 0 Å². The predicted molar refractivity (Wildman–Crippen MR) is 52.9 cm³/mol. The van der Waals surface area contributed by atoms with Crippen LogP contribution in [0.1, 0.15) is 11.1 Å². The number of hydrogen-bond donors (Lipinski definition) is 1. The van der Waals surface area contributed by atoms with Crippen molar-refractivity contribution < 1.29 is 9.47 Å². The highest BCUT2D eigenvalue weighted by molar-refractivity contribution is 9.10. The highest BCUT2D eigenvalue weighted by Crippen LogP contribution is 2.42. The Morgan fingerprint density at radius 1 is 1.54 bits per heavy atom. The molecule has 0 radical (unpaired) electrons. The molecule has 0 bridgehead atoms. The molecule has 0 fully saturated rings. The number of rotatable bonds is 1. The van der Waals surface area contributed by atoms with E-state index in [0.29, 0.717) is 13.3 Å². The van der Waals surface area contributed by atoms with E-state index >= 15 is 0 Å². The largest absolute Gasteiger partial charge is 0.454 e. The van der Waals surface area contributed by atoms with Gasteiger partial charge in [-0.15, -0.1) is 0 Å². The summed E-state index contributed by atoms with van der Waals surface area (Å²) in [5.41, 5.74) is 7.79. The SMILES string of the molecule is Cc1c(CN)cc2c(c1Br)OCO2. The van der Waals surface area contributed by atoms with E-state index in [1.807, 2.05) is 13.0 Å². The van der Waals surface area contributed by atoms with Gasteiger partial charge in [-0.1, -0.05) is 0 Å². The average Bonchev–Trinajstić information content (AvgIpc) is 2.59. The lowest BCUT2D eigenvalue weighted by Crippen LogP contribution is -1.99. The lowest BCUT2D eigenvalue weighted by Gasteiger charge is -2.07. The molecule has 1 aromatic carbocycles. The maximum Gasteiger partial charge on any atom is 0.231 e. The molecule has 0 atom stereocenters. The predicted octanol–water partition coefficient (Wildman–Crippen LogP) is 1.94. The maximum absolute atomic E-state index is 5.60. The zero-order valence-electron chi connectivity index (χ0n) is 7.26. The van der Waals surface area contributed by atoms with Gasteiger partial charge in [0.15, 0.2) is 11.5 Å². The molecule has 1 aliphatic rings. The summed E-state index contributed by atoms with van der Waals surface area (Å²) in [4.78, 5) is 0. The van der Waals surface area contributed by atoms with Crippen LogP contribution in [0.3, 0.4) is 0 Å². The summed E-state index contributed by atoms with van der Waals surface area (Å²) < 4.78 is 11.5. The van der Waals surface area contributed by atoms with Crippen LogP contribution in [-0.2, 0) is 6.54 Å². The van der Waals surface area contributed by atoms with Crippen LogP contribution in [-0.4, -0.2) is 6.79 Å². The first-order chi connectivity index (χ1) is 6.24. The van der Waals surface area contributed by atoms with Crippen molar-refractivity contribution in [2.75, 3.05) is 6.79 Å². The first-order valence-corrected chi connectivity index (χ1v) is 4.81. The number of hydrogen-bond acceptors (Lipinski definition) is 3. The third-order valence-corrected chi connectivity index (χ3v) is 3.13. The molecule has 1 aromatic rings. The van der Waals surface area contributed by atoms with E-state index in [4.69, 9.17) is 15.2 Å². The quantitative estimate of drug-likeness (QED) is 0.821. The Hall–Kier alpha value is -0.740. The van der Waals surface area contributed by atoms with E-state index in [1.165, 1.54) is 0 Å². The molecule has 0 saturated heterocycles. The summed E-state index contributed by atoms with van der Waals surface area (Å²) in [6.07, 6.45) is 0. The van der Waals surface area contributed by atoms with Gasteiger partial charge in [0.25, 0.3) is 0 Å². The Labute approximate surface area is 85.0 Å².